The molecule has 0 fully saturated rings. The van der Waals surface area contributed by atoms with Crippen molar-refractivity contribution in [3.63, 3.8) is 0 Å². The molecule has 4 rings (SSSR count). The second-order valence-corrected chi connectivity index (χ2v) is 9.94. The second kappa shape index (κ2) is 9.87. The number of anilines is 2. The molecule has 6 nitrogen and oxygen atoms in total. The molecule has 0 aliphatic heterocycles. The minimum atomic E-state index is 0.698. The van der Waals surface area contributed by atoms with Crippen LogP contribution >= 0.6 is 46.2 Å². The van der Waals surface area contributed by atoms with Gasteiger partial charge in [0, 0.05) is 11.5 Å². The van der Waals surface area contributed by atoms with E-state index in [2.05, 4.69) is 55.5 Å². The van der Waals surface area contributed by atoms with E-state index in [4.69, 9.17) is 0 Å². The normalized spacial score (nSPS) is 10.7. The molecule has 0 spiro atoms. The first kappa shape index (κ1) is 19.2. The third-order valence-corrected chi connectivity index (χ3v) is 7.59. The van der Waals surface area contributed by atoms with Crippen molar-refractivity contribution in [1.29, 1.82) is 0 Å². The summed E-state index contributed by atoms with van der Waals surface area (Å²) < 4.78 is 1.84. The Morgan fingerprint density at radius 1 is 0.607 bits per heavy atom. The van der Waals surface area contributed by atoms with Gasteiger partial charge in [0.25, 0.3) is 0 Å². The molecule has 2 heterocycles. The van der Waals surface area contributed by atoms with E-state index >= 15 is 0 Å². The lowest BCUT2D eigenvalue weighted by atomic mass is 10.2. The van der Waals surface area contributed by atoms with Crippen LogP contribution in [-0.4, -0.2) is 20.4 Å². The summed E-state index contributed by atoms with van der Waals surface area (Å²) in [7, 11) is 0. The molecule has 0 radical (unpaired) electrons. The Hall–Kier alpha value is -2.14. The highest BCUT2D eigenvalue weighted by molar-refractivity contribution is 8.00. The van der Waals surface area contributed by atoms with Gasteiger partial charge in [0.1, 0.15) is 0 Å². The highest BCUT2D eigenvalue weighted by atomic mass is 32.2. The van der Waals surface area contributed by atoms with E-state index < -0.39 is 0 Å². The molecule has 0 bridgehead atoms. The molecule has 4 aromatic rings. The van der Waals surface area contributed by atoms with E-state index in [0.29, 0.717) is 10.3 Å². The van der Waals surface area contributed by atoms with E-state index in [1.165, 1.54) is 33.8 Å². The third kappa shape index (κ3) is 5.68. The number of nitrogens with one attached hydrogen (secondary N) is 2. The molecule has 2 aromatic carbocycles. The van der Waals surface area contributed by atoms with Crippen LogP contribution < -0.4 is 10.9 Å². The Morgan fingerprint density at radius 3 is 1.46 bits per heavy atom. The second-order valence-electron chi connectivity index (χ2n) is 5.54. The smallest absolute Gasteiger partial charge is 0.225 e. The molecule has 10 heteroatoms. The SMILES string of the molecule is c1ccc(CSc2nnc(NNc3nnc(SCc4ccccc4)s3)s2)cc1. The van der Waals surface area contributed by atoms with Gasteiger partial charge in [-0.15, -0.1) is 20.4 Å². The van der Waals surface area contributed by atoms with E-state index in [0.717, 1.165) is 20.2 Å². The van der Waals surface area contributed by atoms with E-state index in [1.54, 1.807) is 23.5 Å². The fourth-order valence-electron chi connectivity index (χ4n) is 2.18. The number of benzene rings is 2. The summed E-state index contributed by atoms with van der Waals surface area (Å²) >= 11 is 6.35. The number of aromatic nitrogens is 4. The maximum atomic E-state index is 4.20. The molecule has 2 N–H and O–H groups in total. The van der Waals surface area contributed by atoms with Crippen LogP contribution in [0.1, 0.15) is 11.1 Å². The lowest BCUT2D eigenvalue weighted by molar-refractivity contribution is 0.998. The Balaban J connectivity index is 1.24. The molecule has 0 saturated carbocycles. The van der Waals surface area contributed by atoms with Crippen LogP contribution in [0.3, 0.4) is 0 Å². The highest BCUT2D eigenvalue weighted by Crippen LogP contribution is 2.30. The van der Waals surface area contributed by atoms with Crippen LogP contribution in [0, 0.1) is 0 Å². The molecule has 2 aromatic heterocycles. The van der Waals surface area contributed by atoms with Crippen molar-refractivity contribution in [3.05, 3.63) is 71.8 Å². The van der Waals surface area contributed by atoms with Crippen LogP contribution in [-0.2, 0) is 11.5 Å². The van der Waals surface area contributed by atoms with Crippen LogP contribution in [0.25, 0.3) is 0 Å². The first-order valence-electron chi connectivity index (χ1n) is 8.37. The number of hydrogen-bond donors (Lipinski definition) is 2. The number of hydrazine groups is 1. The van der Waals surface area contributed by atoms with Crippen molar-refractivity contribution in [2.24, 2.45) is 0 Å². The summed E-state index contributed by atoms with van der Waals surface area (Å²) in [5.74, 6) is 1.75. The number of nitrogens with zero attached hydrogens (tertiary/aromatic N) is 4. The monoisotopic (exact) mass is 444 g/mol. The molecule has 142 valence electrons. The number of rotatable bonds is 9. The minimum Gasteiger partial charge on any atom is -0.272 e. The number of thioether (sulfide) groups is 2. The van der Waals surface area contributed by atoms with Crippen molar-refractivity contribution in [1.82, 2.24) is 20.4 Å². The van der Waals surface area contributed by atoms with E-state index in [9.17, 15) is 0 Å². The summed E-state index contributed by atoms with van der Waals surface area (Å²) in [6.45, 7) is 0. The van der Waals surface area contributed by atoms with Gasteiger partial charge in [0.05, 0.1) is 0 Å². The standard InChI is InChI=1S/C18H16N6S4/c1-3-7-13(8-4-1)11-25-17-23-21-15(27-17)19-20-16-22-24-18(28-16)26-12-14-9-5-2-6-10-14/h1-10H,11-12H2,(H,19,21)(H,20,22). The van der Waals surface area contributed by atoms with Gasteiger partial charge in [0.2, 0.25) is 10.3 Å². The van der Waals surface area contributed by atoms with E-state index in [1.807, 2.05) is 36.4 Å². The van der Waals surface area contributed by atoms with Gasteiger partial charge in [-0.25, -0.2) is 0 Å². The predicted molar refractivity (Wildman–Crippen MR) is 119 cm³/mol. The summed E-state index contributed by atoms with van der Waals surface area (Å²) in [5, 5.41) is 18.1. The fourth-order valence-corrected chi connectivity index (χ4v) is 5.51. The van der Waals surface area contributed by atoms with Crippen molar-refractivity contribution in [3.8, 4) is 0 Å². The van der Waals surface area contributed by atoms with Gasteiger partial charge < -0.3 is 0 Å². The van der Waals surface area contributed by atoms with Gasteiger partial charge in [-0.2, -0.15) is 0 Å². The average Bonchev–Trinajstić information content (AvgIpc) is 3.40. The first-order chi connectivity index (χ1) is 13.8. The topological polar surface area (TPSA) is 75.6 Å². The molecule has 0 aliphatic carbocycles. The maximum Gasteiger partial charge on any atom is 0.225 e. The zero-order chi connectivity index (χ0) is 19.0. The van der Waals surface area contributed by atoms with Crippen molar-refractivity contribution in [2.75, 3.05) is 10.9 Å². The van der Waals surface area contributed by atoms with Crippen LogP contribution in [0.15, 0.2) is 69.3 Å². The first-order valence-corrected chi connectivity index (χ1v) is 12.0. The van der Waals surface area contributed by atoms with Crippen molar-refractivity contribution >= 4 is 56.5 Å². The van der Waals surface area contributed by atoms with Crippen LogP contribution in [0.4, 0.5) is 10.3 Å². The Morgan fingerprint density at radius 2 is 1.04 bits per heavy atom. The molecule has 0 unspecified atom stereocenters. The average molecular weight is 445 g/mol. The largest absolute Gasteiger partial charge is 0.272 e. The molecule has 28 heavy (non-hydrogen) atoms. The molecule has 0 saturated heterocycles. The lowest BCUT2D eigenvalue weighted by Crippen LogP contribution is -2.07. The Kier molecular flexibility index (Phi) is 6.77. The Bertz CT molecular complexity index is 908. The quantitative estimate of drug-likeness (QED) is 0.262. The molecule has 0 aliphatic rings. The predicted octanol–water partition coefficient (Wildman–Crippen LogP) is 5.41. The van der Waals surface area contributed by atoms with Crippen LogP contribution in [0.2, 0.25) is 0 Å². The zero-order valence-corrected chi connectivity index (χ0v) is 17.9. The van der Waals surface area contributed by atoms with E-state index in [-0.39, 0.29) is 0 Å². The summed E-state index contributed by atoms with van der Waals surface area (Å²) in [6.07, 6.45) is 0. The molecular weight excluding hydrogens is 429 g/mol. The number of hydrogen-bond acceptors (Lipinski definition) is 10. The molecule has 0 atom stereocenters. The van der Waals surface area contributed by atoms with Crippen molar-refractivity contribution < 1.29 is 0 Å². The minimum absolute atomic E-state index is 0.698. The maximum absolute atomic E-state index is 4.20. The van der Waals surface area contributed by atoms with Crippen LogP contribution in [0.5, 0.6) is 0 Å². The zero-order valence-electron chi connectivity index (χ0n) is 14.6. The van der Waals surface area contributed by atoms with Gasteiger partial charge in [-0.1, -0.05) is 107 Å². The van der Waals surface area contributed by atoms with Gasteiger partial charge in [0.15, 0.2) is 8.68 Å². The van der Waals surface area contributed by atoms with Gasteiger partial charge >= 0.3 is 0 Å². The summed E-state index contributed by atoms with van der Waals surface area (Å²) in [5.41, 5.74) is 8.63. The fraction of sp³-hybridized carbons (Fsp3) is 0.111. The molecular formula is C18H16N6S4. The third-order valence-electron chi connectivity index (χ3n) is 3.50. The Labute approximate surface area is 179 Å². The van der Waals surface area contributed by atoms with Gasteiger partial charge in [-0.05, 0) is 11.1 Å². The summed E-state index contributed by atoms with van der Waals surface area (Å²) in [6, 6.07) is 20.6. The molecule has 0 amide bonds. The highest BCUT2D eigenvalue weighted by Gasteiger charge is 2.08. The van der Waals surface area contributed by atoms with Gasteiger partial charge in [-0.3, -0.25) is 10.9 Å². The summed E-state index contributed by atoms with van der Waals surface area (Å²) in [4.78, 5) is 0. The van der Waals surface area contributed by atoms with Crippen molar-refractivity contribution in [2.45, 2.75) is 20.2 Å². The lowest BCUT2D eigenvalue weighted by Gasteiger charge is -2.00.